The standard InChI is InChI=1S/C18H29NO2/c1-4-8-19-18(13-21-12-16-7-9-20-11-16)17-10-14(2)5-6-15(17)3/h5-6,10,16,18-19H,4,7-9,11-13H2,1-3H3. The van der Waals surface area contributed by atoms with Gasteiger partial charge in [0.15, 0.2) is 0 Å². The molecular formula is C18H29NO2. The lowest BCUT2D eigenvalue weighted by Crippen LogP contribution is -2.28. The van der Waals surface area contributed by atoms with Crippen molar-refractivity contribution in [2.45, 2.75) is 39.7 Å². The number of aryl methyl sites for hydroxylation is 2. The molecule has 1 heterocycles. The average Bonchev–Trinajstić information content (AvgIpc) is 2.99. The van der Waals surface area contributed by atoms with Gasteiger partial charge in [0, 0.05) is 12.5 Å². The van der Waals surface area contributed by atoms with E-state index in [4.69, 9.17) is 9.47 Å². The summed E-state index contributed by atoms with van der Waals surface area (Å²) in [5.41, 5.74) is 4.01. The summed E-state index contributed by atoms with van der Waals surface area (Å²) in [6.45, 7) is 10.9. The lowest BCUT2D eigenvalue weighted by atomic mass is 9.99. The molecule has 1 aliphatic heterocycles. The summed E-state index contributed by atoms with van der Waals surface area (Å²) in [6, 6.07) is 6.94. The maximum absolute atomic E-state index is 5.98. The molecular weight excluding hydrogens is 262 g/mol. The third-order valence-electron chi connectivity index (χ3n) is 4.11. The molecule has 2 atom stereocenters. The topological polar surface area (TPSA) is 30.5 Å². The molecule has 1 aromatic rings. The number of rotatable bonds is 8. The van der Waals surface area contributed by atoms with E-state index in [1.54, 1.807) is 0 Å². The molecule has 21 heavy (non-hydrogen) atoms. The Balaban J connectivity index is 1.94. The third-order valence-corrected chi connectivity index (χ3v) is 4.11. The van der Waals surface area contributed by atoms with Crippen LogP contribution in [0.2, 0.25) is 0 Å². The largest absolute Gasteiger partial charge is 0.381 e. The molecule has 3 heteroatoms. The summed E-state index contributed by atoms with van der Waals surface area (Å²) in [5.74, 6) is 0.579. The van der Waals surface area contributed by atoms with Crippen LogP contribution >= 0.6 is 0 Å². The Morgan fingerprint density at radius 3 is 2.95 bits per heavy atom. The monoisotopic (exact) mass is 291 g/mol. The van der Waals surface area contributed by atoms with Crippen LogP contribution < -0.4 is 5.32 Å². The summed E-state index contributed by atoms with van der Waals surface area (Å²) >= 11 is 0. The van der Waals surface area contributed by atoms with Crippen LogP contribution in [0.5, 0.6) is 0 Å². The highest BCUT2D eigenvalue weighted by atomic mass is 16.5. The van der Waals surface area contributed by atoms with E-state index in [0.29, 0.717) is 5.92 Å². The number of nitrogens with one attached hydrogen (secondary N) is 1. The normalized spacial score (nSPS) is 19.9. The molecule has 0 radical (unpaired) electrons. The van der Waals surface area contributed by atoms with E-state index in [0.717, 1.165) is 45.8 Å². The van der Waals surface area contributed by atoms with Crippen LogP contribution in [0.4, 0.5) is 0 Å². The van der Waals surface area contributed by atoms with E-state index < -0.39 is 0 Å². The second-order valence-corrected chi connectivity index (χ2v) is 6.13. The number of ether oxygens (including phenoxy) is 2. The smallest absolute Gasteiger partial charge is 0.0661 e. The Bertz CT molecular complexity index is 427. The van der Waals surface area contributed by atoms with Gasteiger partial charge in [-0.1, -0.05) is 30.7 Å². The van der Waals surface area contributed by atoms with E-state index in [2.05, 4.69) is 44.3 Å². The molecule has 0 amide bonds. The first kappa shape index (κ1) is 16.5. The van der Waals surface area contributed by atoms with Crippen molar-refractivity contribution in [2.24, 2.45) is 5.92 Å². The SMILES string of the molecule is CCCNC(COCC1CCOC1)c1cc(C)ccc1C. The van der Waals surface area contributed by atoms with E-state index in [1.807, 2.05) is 0 Å². The van der Waals surface area contributed by atoms with Crippen molar-refractivity contribution in [1.82, 2.24) is 5.32 Å². The Morgan fingerprint density at radius 1 is 1.38 bits per heavy atom. The molecule has 1 fully saturated rings. The van der Waals surface area contributed by atoms with Gasteiger partial charge in [-0.2, -0.15) is 0 Å². The minimum Gasteiger partial charge on any atom is -0.381 e. The van der Waals surface area contributed by atoms with Crippen LogP contribution in [0.25, 0.3) is 0 Å². The van der Waals surface area contributed by atoms with Gasteiger partial charge in [-0.15, -0.1) is 0 Å². The zero-order valence-corrected chi connectivity index (χ0v) is 13.7. The summed E-state index contributed by atoms with van der Waals surface area (Å²) in [7, 11) is 0. The predicted octanol–water partition coefficient (Wildman–Crippen LogP) is 3.40. The van der Waals surface area contributed by atoms with Gasteiger partial charge in [0.05, 0.1) is 25.9 Å². The van der Waals surface area contributed by atoms with Gasteiger partial charge in [0.25, 0.3) is 0 Å². The highest BCUT2D eigenvalue weighted by Gasteiger charge is 2.18. The van der Waals surface area contributed by atoms with Crippen LogP contribution in [-0.4, -0.2) is 33.0 Å². The van der Waals surface area contributed by atoms with Gasteiger partial charge in [-0.3, -0.25) is 0 Å². The van der Waals surface area contributed by atoms with Crippen LogP contribution in [-0.2, 0) is 9.47 Å². The minimum atomic E-state index is 0.284. The van der Waals surface area contributed by atoms with Crippen LogP contribution in [0.15, 0.2) is 18.2 Å². The Hall–Kier alpha value is -0.900. The average molecular weight is 291 g/mol. The zero-order chi connectivity index (χ0) is 15.1. The lowest BCUT2D eigenvalue weighted by Gasteiger charge is -2.22. The molecule has 2 unspecified atom stereocenters. The Kier molecular flexibility index (Phi) is 6.68. The number of hydrogen-bond acceptors (Lipinski definition) is 3. The highest BCUT2D eigenvalue weighted by Crippen LogP contribution is 2.21. The molecule has 0 aromatic heterocycles. The van der Waals surface area contributed by atoms with Gasteiger partial charge < -0.3 is 14.8 Å². The summed E-state index contributed by atoms with van der Waals surface area (Å²) in [4.78, 5) is 0. The second kappa shape index (κ2) is 8.52. The van der Waals surface area contributed by atoms with E-state index in [-0.39, 0.29) is 6.04 Å². The fourth-order valence-corrected chi connectivity index (χ4v) is 2.78. The zero-order valence-electron chi connectivity index (χ0n) is 13.7. The Labute approximate surface area is 129 Å². The Morgan fingerprint density at radius 2 is 2.24 bits per heavy atom. The molecule has 0 spiro atoms. The van der Waals surface area contributed by atoms with E-state index in [9.17, 15) is 0 Å². The fraction of sp³-hybridized carbons (Fsp3) is 0.667. The molecule has 0 aliphatic carbocycles. The molecule has 1 N–H and O–H groups in total. The summed E-state index contributed by atoms with van der Waals surface area (Å²) in [6.07, 6.45) is 2.27. The van der Waals surface area contributed by atoms with Crippen molar-refractivity contribution in [3.05, 3.63) is 34.9 Å². The maximum atomic E-state index is 5.98. The highest BCUT2D eigenvalue weighted by molar-refractivity contribution is 5.33. The molecule has 0 saturated carbocycles. The molecule has 0 bridgehead atoms. The maximum Gasteiger partial charge on any atom is 0.0661 e. The van der Waals surface area contributed by atoms with Crippen LogP contribution in [0.1, 0.15) is 42.5 Å². The van der Waals surface area contributed by atoms with Crippen LogP contribution in [0, 0.1) is 19.8 Å². The van der Waals surface area contributed by atoms with E-state index in [1.165, 1.54) is 16.7 Å². The predicted molar refractivity (Wildman–Crippen MR) is 86.7 cm³/mol. The molecule has 118 valence electrons. The van der Waals surface area contributed by atoms with Crippen molar-refractivity contribution in [3.63, 3.8) is 0 Å². The van der Waals surface area contributed by atoms with Gasteiger partial charge in [-0.25, -0.2) is 0 Å². The van der Waals surface area contributed by atoms with Gasteiger partial charge >= 0.3 is 0 Å². The van der Waals surface area contributed by atoms with Crippen LogP contribution in [0.3, 0.4) is 0 Å². The summed E-state index contributed by atoms with van der Waals surface area (Å²) in [5, 5.41) is 3.62. The van der Waals surface area contributed by atoms with Gasteiger partial charge in [0.1, 0.15) is 0 Å². The minimum absolute atomic E-state index is 0.284. The van der Waals surface area contributed by atoms with Crippen molar-refractivity contribution in [2.75, 3.05) is 33.0 Å². The van der Waals surface area contributed by atoms with E-state index >= 15 is 0 Å². The first-order chi connectivity index (χ1) is 10.2. The third kappa shape index (κ3) is 5.10. The lowest BCUT2D eigenvalue weighted by molar-refractivity contribution is 0.0743. The van der Waals surface area contributed by atoms with Crippen molar-refractivity contribution in [3.8, 4) is 0 Å². The van der Waals surface area contributed by atoms with Gasteiger partial charge in [0.2, 0.25) is 0 Å². The number of hydrogen-bond donors (Lipinski definition) is 1. The first-order valence-electron chi connectivity index (χ1n) is 8.16. The van der Waals surface area contributed by atoms with Crippen molar-refractivity contribution >= 4 is 0 Å². The quantitative estimate of drug-likeness (QED) is 0.796. The van der Waals surface area contributed by atoms with Crippen molar-refractivity contribution in [1.29, 1.82) is 0 Å². The molecule has 3 nitrogen and oxygen atoms in total. The van der Waals surface area contributed by atoms with Crippen molar-refractivity contribution < 1.29 is 9.47 Å². The molecule has 1 aromatic carbocycles. The van der Waals surface area contributed by atoms with Gasteiger partial charge in [-0.05, 0) is 44.4 Å². The molecule has 1 saturated heterocycles. The molecule has 1 aliphatic rings. The summed E-state index contributed by atoms with van der Waals surface area (Å²) < 4.78 is 11.4. The number of benzene rings is 1. The first-order valence-corrected chi connectivity index (χ1v) is 8.16. The fourth-order valence-electron chi connectivity index (χ4n) is 2.78. The molecule has 2 rings (SSSR count). The second-order valence-electron chi connectivity index (χ2n) is 6.13.